The molecule has 0 aliphatic rings. The predicted octanol–water partition coefficient (Wildman–Crippen LogP) is 3.63. The van der Waals surface area contributed by atoms with Crippen LogP contribution in [0.2, 0.25) is 5.02 Å². The van der Waals surface area contributed by atoms with Gasteiger partial charge in [-0.3, -0.25) is 0 Å². The third-order valence-corrected chi connectivity index (χ3v) is 2.52. The van der Waals surface area contributed by atoms with Crippen molar-refractivity contribution in [3.05, 3.63) is 41.6 Å². The first-order chi connectivity index (χ1) is 6.86. The standard InChI is InChI=1S/C11H6ClNO/c12-9-5-1-3-7-8-4-2-6-13-11(8)14-10(7)9/h1-6H. The SMILES string of the molecule is Clc1cccc2c1oc1ncccc12. The van der Waals surface area contributed by atoms with Crippen LogP contribution in [0, 0.1) is 0 Å². The summed E-state index contributed by atoms with van der Waals surface area (Å²) in [5.41, 5.74) is 1.35. The van der Waals surface area contributed by atoms with Crippen LogP contribution < -0.4 is 0 Å². The topological polar surface area (TPSA) is 26.0 Å². The van der Waals surface area contributed by atoms with E-state index in [1.807, 2.05) is 30.3 Å². The Morgan fingerprint density at radius 2 is 1.93 bits per heavy atom. The number of aromatic nitrogens is 1. The van der Waals surface area contributed by atoms with Crippen LogP contribution in [0.15, 0.2) is 40.9 Å². The summed E-state index contributed by atoms with van der Waals surface area (Å²) in [5, 5.41) is 2.64. The average molecular weight is 204 g/mol. The zero-order chi connectivity index (χ0) is 9.54. The van der Waals surface area contributed by atoms with Gasteiger partial charge in [0.1, 0.15) is 0 Å². The van der Waals surface area contributed by atoms with Crippen molar-refractivity contribution in [3.63, 3.8) is 0 Å². The van der Waals surface area contributed by atoms with Crippen LogP contribution in [0.5, 0.6) is 0 Å². The average Bonchev–Trinajstić information content (AvgIpc) is 2.59. The molecule has 2 aromatic heterocycles. The number of pyridine rings is 1. The summed E-state index contributed by atoms with van der Waals surface area (Å²) < 4.78 is 5.54. The van der Waals surface area contributed by atoms with Crippen molar-refractivity contribution in [2.24, 2.45) is 0 Å². The summed E-state index contributed by atoms with van der Waals surface area (Å²) >= 11 is 6.01. The van der Waals surface area contributed by atoms with Crippen molar-refractivity contribution >= 4 is 33.7 Å². The monoisotopic (exact) mass is 203 g/mol. The van der Waals surface area contributed by atoms with Crippen LogP contribution >= 0.6 is 11.6 Å². The number of benzene rings is 1. The second-order valence-corrected chi connectivity index (χ2v) is 3.48. The van der Waals surface area contributed by atoms with E-state index in [1.54, 1.807) is 6.20 Å². The van der Waals surface area contributed by atoms with E-state index in [-0.39, 0.29) is 0 Å². The molecule has 3 heteroatoms. The minimum atomic E-state index is 0.625. The van der Waals surface area contributed by atoms with Gasteiger partial charge in [0, 0.05) is 17.0 Å². The molecule has 0 aliphatic carbocycles. The fourth-order valence-corrected chi connectivity index (χ4v) is 1.81. The summed E-state index contributed by atoms with van der Waals surface area (Å²) in [6.07, 6.45) is 1.71. The molecular weight excluding hydrogens is 198 g/mol. The first kappa shape index (κ1) is 7.83. The Labute approximate surface area is 85.1 Å². The maximum absolute atomic E-state index is 6.01. The molecular formula is C11H6ClNO. The number of hydrogen-bond donors (Lipinski definition) is 0. The van der Waals surface area contributed by atoms with E-state index in [4.69, 9.17) is 16.0 Å². The molecule has 3 rings (SSSR count). The molecule has 0 spiro atoms. The van der Waals surface area contributed by atoms with Gasteiger partial charge < -0.3 is 4.42 Å². The smallest absolute Gasteiger partial charge is 0.227 e. The van der Waals surface area contributed by atoms with Gasteiger partial charge in [-0.05, 0) is 18.2 Å². The van der Waals surface area contributed by atoms with Gasteiger partial charge in [-0.2, -0.15) is 0 Å². The number of furan rings is 1. The number of nitrogens with zero attached hydrogens (tertiary/aromatic N) is 1. The third-order valence-electron chi connectivity index (χ3n) is 2.23. The maximum Gasteiger partial charge on any atom is 0.227 e. The summed E-state index contributed by atoms with van der Waals surface area (Å²) in [5.74, 6) is 0. The van der Waals surface area contributed by atoms with Gasteiger partial charge in [0.2, 0.25) is 5.71 Å². The van der Waals surface area contributed by atoms with Crippen LogP contribution in [-0.4, -0.2) is 4.98 Å². The van der Waals surface area contributed by atoms with E-state index in [9.17, 15) is 0 Å². The van der Waals surface area contributed by atoms with Crippen LogP contribution in [0.1, 0.15) is 0 Å². The molecule has 0 unspecified atom stereocenters. The Kier molecular flexibility index (Phi) is 1.52. The van der Waals surface area contributed by atoms with E-state index in [0.717, 1.165) is 10.8 Å². The molecule has 0 N–H and O–H groups in total. The predicted molar refractivity (Wildman–Crippen MR) is 56.5 cm³/mol. The molecule has 1 aromatic carbocycles. The van der Waals surface area contributed by atoms with E-state index in [1.165, 1.54) is 0 Å². The Hall–Kier alpha value is -1.54. The van der Waals surface area contributed by atoms with Crippen LogP contribution in [0.4, 0.5) is 0 Å². The van der Waals surface area contributed by atoms with Gasteiger partial charge in [-0.15, -0.1) is 0 Å². The van der Waals surface area contributed by atoms with Gasteiger partial charge in [0.05, 0.1) is 5.02 Å². The van der Waals surface area contributed by atoms with Crippen LogP contribution in [0.25, 0.3) is 22.1 Å². The molecule has 0 fully saturated rings. The molecule has 0 saturated carbocycles. The molecule has 0 bridgehead atoms. The lowest BCUT2D eigenvalue weighted by Gasteiger charge is -1.89. The van der Waals surface area contributed by atoms with E-state index in [2.05, 4.69) is 4.98 Å². The molecule has 0 amide bonds. The summed E-state index contributed by atoms with van der Waals surface area (Å²) in [6, 6.07) is 9.57. The Bertz CT molecular complexity index is 615. The molecule has 2 heterocycles. The van der Waals surface area contributed by atoms with Gasteiger partial charge in [-0.25, -0.2) is 4.98 Å². The second-order valence-electron chi connectivity index (χ2n) is 3.07. The van der Waals surface area contributed by atoms with Crippen molar-refractivity contribution in [2.75, 3.05) is 0 Å². The van der Waals surface area contributed by atoms with Crippen molar-refractivity contribution < 1.29 is 4.42 Å². The highest BCUT2D eigenvalue weighted by atomic mass is 35.5. The van der Waals surface area contributed by atoms with Crippen LogP contribution in [0.3, 0.4) is 0 Å². The number of fused-ring (bicyclic) bond motifs is 3. The lowest BCUT2D eigenvalue weighted by Crippen LogP contribution is -1.68. The third kappa shape index (κ3) is 0.946. The van der Waals surface area contributed by atoms with Crippen molar-refractivity contribution in [3.8, 4) is 0 Å². The molecule has 0 radical (unpaired) electrons. The molecule has 68 valence electrons. The van der Waals surface area contributed by atoms with E-state index in [0.29, 0.717) is 16.3 Å². The highest BCUT2D eigenvalue weighted by molar-refractivity contribution is 6.35. The molecule has 0 atom stereocenters. The summed E-state index contributed by atoms with van der Waals surface area (Å²) in [6.45, 7) is 0. The van der Waals surface area contributed by atoms with Crippen molar-refractivity contribution in [1.29, 1.82) is 0 Å². The first-order valence-corrected chi connectivity index (χ1v) is 4.66. The normalized spacial score (nSPS) is 11.2. The van der Waals surface area contributed by atoms with E-state index < -0.39 is 0 Å². The molecule has 14 heavy (non-hydrogen) atoms. The molecule has 0 saturated heterocycles. The number of halogens is 1. The highest BCUT2D eigenvalue weighted by Crippen LogP contribution is 2.31. The fourth-order valence-electron chi connectivity index (χ4n) is 1.60. The van der Waals surface area contributed by atoms with Gasteiger partial charge in [0.15, 0.2) is 5.58 Å². The number of para-hydroxylation sites is 1. The second kappa shape index (κ2) is 2.72. The van der Waals surface area contributed by atoms with Gasteiger partial charge >= 0.3 is 0 Å². The van der Waals surface area contributed by atoms with E-state index >= 15 is 0 Å². The molecule has 3 aromatic rings. The summed E-state index contributed by atoms with van der Waals surface area (Å²) in [4.78, 5) is 4.13. The first-order valence-electron chi connectivity index (χ1n) is 4.28. The lowest BCUT2D eigenvalue weighted by atomic mass is 10.2. The Morgan fingerprint density at radius 1 is 1.07 bits per heavy atom. The molecule has 2 nitrogen and oxygen atoms in total. The Balaban J connectivity index is 2.63. The zero-order valence-corrected chi connectivity index (χ0v) is 7.95. The molecule has 0 aliphatic heterocycles. The van der Waals surface area contributed by atoms with Gasteiger partial charge in [0.25, 0.3) is 0 Å². The lowest BCUT2D eigenvalue weighted by molar-refractivity contribution is 0.654. The van der Waals surface area contributed by atoms with Crippen LogP contribution in [-0.2, 0) is 0 Å². The number of rotatable bonds is 0. The fraction of sp³-hybridized carbons (Fsp3) is 0. The zero-order valence-electron chi connectivity index (χ0n) is 7.20. The largest absolute Gasteiger partial charge is 0.436 e. The summed E-state index contributed by atoms with van der Waals surface area (Å²) in [7, 11) is 0. The quantitative estimate of drug-likeness (QED) is 0.558. The van der Waals surface area contributed by atoms with Crippen molar-refractivity contribution in [1.82, 2.24) is 4.98 Å². The maximum atomic E-state index is 6.01. The van der Waals surface area contributed by atoms with Gasteiger partial charge in [-0.1, -0.05) is 23.7 Å². The highest BCUT2D eigenvalue weighted by Gasteiger charge is 2.08. The number of hydrogen-bond acceptors (Lipinski definition) is 2. The minimum absolute atomic E-state index is 0.625. The Morgan fingerprint density at radius 3 is 2.86 bits per heavy atom. The minimum Gasteiger partial charge on any atom is -0.436 e. The van der Waals surface area contributed by atoms with Crippen molar-refractivity contribution in [2.45, 2.75) is 0 Å².